The minimum atomic E-state index is 0.600. The highest BCUT2D eigenvalue weighted by atomic mass is 15.0. The Morgan fingerprint density at radius 3 is 1.56 bits per heavy atom. The summed E-state index contributed by atoms with van der Waals surface area (Å²) in [5.41, 5.74) is 10.8. The topological polar surface area (TPSA) is 67.4 Å². The van der Waals surface area contributed by atoms with E-state index >= 15 is 0 Å². The molecule has 0 N–H and O–H groups in total. The van der Waals surface area contributed by atoms with Crippen LogP contribution in [0.4, 0.5) is 0 Å². The lowest BCUT2D eigenvalue weighted by molar-refractivity contribution is 1.17. The summed E-state index contributed by atoms with van der Waals surface area (Å²) in [4.78, 5) is 14.1. The van der Waals surface area contributed by atoms with Crippen molar-refractivity contribution in [1.29, 1.82) is 5.26 Å². The van der Waals surface area contributed by atoms with E-state index in [-0.39, 0.29) is 0 Å². The molecule has 0 unspecified atom stereocenters. The van der Waals surface area contributed by atoms with Crippen molar-refractivity contribution < 1.29 is 0 Å². The zero-order valence-electron chi connectivity index (χ0n) is 24.2. The predicted molar refractivity (Wildman–Crippen MR) is 181 cm³/mol. The van der Waals surface area contributed by atoms with Crippen LogP contribution < -0.4 is 0 Å². The van der Waals surface area contributed by atoms with E-state index in [9.17, 15) is 5.26 Å². The highest BCUT2D eigenvalue weighted by Crippen LogP contribution is 2.34. The summed E-state index contributed by atoms with van der Waals surface area (Å²) in [7, 11) is 0. The number of pyridine rings is 1. The van der Waals surface area contributed by atoms with Crippen molar-refractivity contribution in [2.24, 2.45) is 0 Å². The number of hydrogen-bond donors (Lipinski definition) is 0. The van der Waals surface area contributed by atoms with Gasteiger partial charge in [0, 0.05) is 45.5 Å². The van der Waals surface area contributed by atoms with Gasteiger partial charge in [-0.3, -0.25) is 4.98 Å². The Hall–Kier alpha value is -6.38. The minimum Gasteiger partial charge on any atom is -0.309 e. The number of benzene rings is 5. The fraction of sp³-hybridized carbons (Fsp3) is 0. The average molecular weight is 576 g/mol. The van der Waals surface area contributed by atoms with Gasteiger partial charge in [0.1, 0.15) is 0 Å². The second kappa shape index (κ2) is 11.0. The second-order valence-corrected chi connectivity index (χ2v) is 10.9. The van der Waals surface area contributed by atoms with E-state index < -0.39 is 0 Å². The Bertz CT molecular complexity index is 2290. The van der Waals surface area contributed by atoms with E-state index in [0.29, 0.717) is 11.4 Å². The molecule has 3 heterocycles. The third-order valence-corrected chi connectivity index (χ3v) is 8.19. The molecule has 0 bridgehead atoms. The molecule has 5 heteroatoms. The zero-order chi connectivity index (χ0) is 30.2. The first kappa shape index (κ1) is 26.3. The van der Waals surface area contributed by atoms with E-state index in [2.05, 4.69) is 113 Å². The molecular formula is C40H25N5. The predicted octanol–water partition coefficient (Wildman–Crippen LogP) is 9.51. The largest absolute Gasteiger partial charge is 0.309 e. The molecule has 0 fully saturated rings. The molecule has 0 atom stereocenters. The van der Waals surface area contributed by atoms with Gasteiger partial charge in [0.2, 0.25) is 0 Å². The first-order valence-corrected chi connectivity index (χ1v) is 14.7. The lowest BCUT2D eigenvalue weighted by Crippen LogP contribution is -1.97. The van der Waals surface area contributed by atoms with Crippen LogP contribution in [0, 0.1) is 11.3 Å². The smallest absolute Gasteiger partial charge is 0.160 e. The number of nitrogens with zero attached hydrogens (tertiary/aromatic N) is 5. The third kappa shape index (κ3) is 4.81. The average Bonchev–Trinajstić information content (AvgIpc) is 3.46. The Morgan fingerprint density at radius 2 is 0.978 bits per heavy atom. The fourth-order valence-corrected chi connectivity index (χ4v) is 5.93. The summed E-state index contributed by atoms with van der Waals surface area (Å²) in [5, 5.41) is 11.8. The van der Waals surface area contributed by atoms with E-state index in [4.69, 9.17) is 9.97 Å². The van der Waals surface area contributed by atoms with Crippen LogP contribution in [0.1, 0.15) is 5.56 Å². The number of rotatable bonds is 5. The fourth-order valence-electron chi connectivity index (χ4n) is 5.93. The Morgan fingerprint density at radius 1 is 0.489 bits per heavy atom. The van der Waals surface area contributed by atoms with Crippen LogP contribution in [0.25, 0.3) is 72.5 Å². The Balaban J connectivity index is 1.23. The summed E-state index contributed by atoms with van der Waals surface area (Å²) in [5.74, 6) is 0.608. The standard InChI is InChI=1S/C40H25N5/c41-26-27-9-11-32(12-10-27)40-43-36(30-15-13-28(14-16-30)29-21-23-42-24-22-29)25-37(44-40)31-17-19-33(20-18-31)45-38-7-3-1-5-34(38)35-6-2-4-8-39(35)45/h1-25H. The molecule has 0 aliphatic rings. The molecule has 0 amide bonds. The molecule has 3 aromatic heterocycles. The van der Waals surface area contributed by atoms with Crippen LogP contribution in [0.5, 0.6) is 0 Å². The second-order valence-electron chi connectivity index (χ2n) is 10.9. The number of para-hydroxylation sites is 2. The van der Waals surface area contributed by atoms with Crippen molar-refractivity contribution in [2.75, 3.05) is 0 Å². The number of aromatic nitrogens is 4. The summed E-state index contributed by atoms with van der Waals surface area (Å²) < 4.78 is 2.31. The van der Waals surface area contributed by atoms with Crippen LogP contribution >= 0.6 is 0 Å². The molecule has 45 heavy (non-hydrogen) atoms. The van der Waals surface area contributed by atoms with Gasteiger partial charge < -0.3 is 4.57 Å². The maximum atomic E-state index is 9.31. The molecule has 210 valence electrons. The molecule has 0 saturated carbocycles. The van der Waals surface area contributed by atoms with Crippen LogP contribution in [-0.4, -0.2) is 19.5 Å². The van der Waals surface area contributed by atoms with Gasteiger partial charge in [-0.15, -0.1) is 0 Å². The highest BCUT2D eigenvalue weighted by molar-refractivity contribution is 6.09. The van der Waals surface area contributed by atoms with Crippen molar-refractivity contribution in [3.05, 3.63) is 157 Å². The van der Waals surface area contributed by atoms with E-state index in [1.807, 2.05) is 30.3 Å². The molecule has 0 aliphatic heterocycles. The van der Waals surface area contributed by atoms with Crippen LogP contribution in [0.15, 0.2) is 152 Å². The lowest BCUT2D eigenvalue weighted by atomic mass is 10.0. The Labute approximate surface area is 260 Å². The maximum Gasteiger partial charge on any atom is 0.160 e. The van der Waals surface area contributed by atoms with Gasteiger partial charge in [-0.05, 0) is 77.9 Å². The van der Waals surface area contributed by atoms with Crippen molar-refractivity contribution in [2.45, 2.75) is 0 Å². The molecule has 8 rings (SSSR count). The summed E-state index contributed by atoms with van der Waals surface area (Å²) in [6.07, 6.45) is 3.60. The van der Waals surface area contributed by atoms with Gasteiger partial charge >= 0.3 is 0 Å². The van der Waals surface area contributed by atoms with Crippen molar-refractivity contribution in [3.63, 3.8) is 0 Å². The van der Waals surface area contributed by atoms with E-state index in [0.717, 1.165) is 44.9 Å². The van der Waals surface area contributed by atoms with Crippen molar-refractivity contribution in [1.82, 2.24) is 19.5 Å². The van der Waals surface area contributed by atoms with E-state index in [1.54, 1.807) is 24.5 Å². The molecule has 0 radical (unpaired) electrons. The van der Waals surface area contributed by atoms with Gasteiger partial charge in [-0.25, -0.2) is 9.97 Å². The normalized spacial score (nSPS) is 11.1. The minimum absolute atomic E-state index is 0.600. The van der Waals surface area contributed by atoms with Crippen molar-refractivity contribution >= 4 is 21.8 Å². The summed E-state index contributed by atoms with van der Waals surface area (Å²) in [6, 6.07) is 49.7. The quantitative estimate of drug-likeness (QED) is 0.205. The first-order chi connectivity index (χ1) is 22.2. The van der Waals surface area contributed by atoms with Gasteiger partial charge in [-0.1, -0.05) is 72.8 Å². The van der Waals surface area contributed by atoms with Crippen LogP contribution in [-0.2, 0) is 0 Å². The Kier molecular flexibility index (Phi) is 6.44. The molecule has 5 aromatic carbocycles. The SMILES string of the molecule is N#Cc1ccc(-c2nc(-c3ccc(-c4ccncc4)cc3)cc(-c3ccc(-n4c5ccccc5c5ccccc54)cc3)n2)cc1. The maximum absolute atomic E-state index is 9.31. The third-order valence-electron chi connectivity index (χ3n) is 8.19. The first-order valence-electron chi connectivity index (χ1n) is 14.7. The molecule has 0 spiro atoms. The summed E-state index contributed by atoms with van der Waals surface area (Å²) >= 11 is 0. The van der Waals surface area contributed by atoms with Crippen molar-refractivity contribution in [3.8, 4) is 56.8 Å². The molecular weight excluding hydrogens is 550 g/mol. The molecule has 5 nitrogen and oxygen atoms in total. The van der Waals surface area contributed by atoms with Gasteiger partial charge in [0.15, 0.2) is 5.82 Å². The molecule has 0 aliphatic carbocycles. The van der Waals surface area contributed by atoms with E-state index in [1.165, 1.54) is 21.8 Å². The van der Waals surface area contributed by atoms with Crippen LogP contribution in [0.2, 0.25) is 0 Å². The van der Waals surface area contributed by atoms with Gasteiger partial charge in [-0.2, -0.15) is 5.26 Å². The monoisotopic (exact) mass is 575 g/mol. The molecule has 8 aromatic rings. The zero-order valence-corrected chi connectivity index (χ0v) is 24.2. The highest BCUT2D eigenvalue weighted by Gasteiger charge is 2.14. The molecule has 0 saturated heterocycles. The van der Waals surface area contributed by atoms with Crippen LogP contribution in [0.3, 0.4) is 0 Å². The number of nitriles is 1. The number of hydrogen-bond acceptors (Lipinski definition) is 4. The van der Waals surface area contributed by atoms with Gasteiger partial charge in [0.25, 0.3) is 0 Å². The summed E-state index contributed by atoms with van der Waals surface area (Å²) in [6.45, 7) is 0. The lowest BCUT2D eigenvalue weighted by Gasteiger charge is -2.12. The number of fused-ring (bicyclic) bond motifs is 3. The van der Waals surface area contributed by atoms with Gasteiger partial charge in [0.05, 0.1) is 34.1 Å².